The Kier molecular flexibility index (Phi) is 3.64. The first-order valence-corrected chi connectivity index (χ1v) is 9.47. The second kappa shape index (κ2) is 6.17. The Hall–Kier alpha value is -3.26. The summed E-state index contributed by atoms with van der Waals surface area (Å²) in [5.74, 6) is 1.14. The van der Waals surface area contributed by atoms with Crippen LogP contribution in [0.25, 0.3) is 31.6 Å². The second-order valence-corrected chi connectivity index (χ2v) is 7.62. The molecule has 134 valence electrons. The SMILES string of the molecule is CC1CC(Nc2cc(-c3cc4cccnc4s3)c3[nH]ncc3c2)=NC(N)=N1. The molecule has 0 spiro atoms. The van der Waals surface area contributed by atoms with E-state index in [1.54, 1.807) is 11.3 Å². The van der Waals surface area contributed by atoms with Crippen molar-refractivity contribution in [1.82, 2.24) is 15.2 Å². The molecule has 1 unspecified atom stereocenters. The maximum Gasteiger partial charge on any atom is 0.217 e. The molecule has 5 rings (SSSR count). The molecule has 0 radical (unpaired) electrons. The Labute approximate surface area is 159 Å². The molecule has 4 N–H and O–H groups in total. The van der Waals surface area contributed by atoms with Crippen LogP contribution in [0, 0.1) is 0 Å². The first-order valence-electron chi connectivity index (χ1n) is 8.65. The molecule has 7 nitrogen and oxygen atoms in total. The van der Waals surface area contributed by atoms with Gasteiger partial charge < -0.3 is 11.1 Å². The molecule has 4 heterocycles. The van der Waals surface area contributed by atoms with Crippen LogP contribution in [0.3, 0.4) is 0 Å². The van der Waals surface area contributed by atoms with Gasteiger partial charge >= 0.3 is 0 Å². The van der Waals surface area contributed by atoms with Crippen LogP contribution in [0.1, 0.15) is 13.3 Å². The van der Waals surface area contributed by atoms with Gasteiger partial charge in [0.2, 0.25) is 5.96 Å². The van der Waals surface area contributed by atoms with E-state index in [0.717, 1.165) is 49.5 Å². The number of guanidine groups is 1. The van der Waals surface area contributed by atoms with Crippen molar-refractivity contribution in [3.63, 3.8) is 0 Å². The van der Waals surface area contributed by atoms with Crippen molar-refractivity contribution < 1.29 is 0 Å². The molecule has 0 aliphatic carbocycles. The van der Waals surface area contributed by atoms with Crippen LogP contribution in [0.5, 0.6) is 0 Å². The van der Waals surface area contributed by atoms with Crippen LogP contribution in [-0.4, -0.2) is 33.0 Å². The van der Waals surface area contributed by atoms with Gasteiger partial charge in [-0.25, -0.2) is 15.0 Å². The number of hydrogen-bond donors (Lipinski definition) is 3. The predicted octanol–water partition coefficient (Wildman–Crippen LogP) is 3.76. The highest BCUT2D eigenvalue weighted by atomic mass is 32.1. The van der Waals surface area contributed by atoms with E-state index < -0.39 is 0 Å². The van der Waals surface area contributed by atoms with Gasteiger partial charge in [-0.1, -0.05) is 6.07 Å². The van der Waals surface area contributed by atoms with Gasteiger partial charge in [0.1, 0.15) is 10.7 Å². The van der Waals surface area contributed by atoms with Gasteiger partial charge in [-0.05, 0) is 31.2 Å². The highest BCUT2D eigenvalue weighted by molar-refractivity contribution is 7.21. The smallest absolute Gasteiger partial charge is 0.217 e. The number of amidine groups is 1. The normalized spacial score (nSPS) is 17.1. The number of anilines is 1. The lowest BCUT2D eigenvalue weighted by Crippen LogP contribution is -2.27. The number of nitrogens with two attached hydrogens (primary N) is 1. The van der Waals surface area contributed by atoms with Gasteiger partial charge in [0.25, 0.3) is 0 Å². The molecule has 1 aliphatic rings. The van der Waals surface area contributed by atoms with Crippen LogP contribution in [0.15, 0.2) is 52.7 Å². The van der Waals surface area contributed by atoms with Gasteiger partial charge in [-0.2, -0.15) is 5.10 Å². The zero-order valence-electron chi connectivity index (χ0n) is 14.6. The molecule has 0 bridgehead atoms. The number of benzene rings is 1. The quantitative estimate of drug-likeness (QED) is 0.496. The van der Waals surface area contributed by atoms with Crippen LogP contribution < -0.4 is 11.1 Å². The fourth-order valence-electron chi connectivity index (χ4n) is 3.34. The van der Waals surface area contributed by atoms with E-state index in [-0.39, 0.29) is 6.04 Å². The monoisotopic (exact) mass is 375 g/mol. The standard InChI is InChI=1S/C19H17N7S/c1-10-5-16(25-19(20)23-10)24-13-6-12-9-22-26-17(12)14(8-13)15-7-11-3-2-4-21-18(11)27-15/h2-4,6-10H,5H2,1H3,(H,22,26)(H3,20,23,24,25). The first kappa shape index (κ1) is 16.0. The number of thiophene rings is 1. The molecule has 0 fully saturated rings. The molecule has 1 aliphatic heterocycles. The topological polar surface area (TPSA) is 104 Å². The number of fused-ring (bicyclic) bond motifs is 2. The minimum atomic E-state index is 0.121. The van der Waals surface area contributed by atoms with Crippen LogP contribution >= 0.6 is 11.3 Å². The molecular weight excluding hydrogens is 358 g/mol. The summed E-state index contributed by atoms with van der Waals surface area (Å²) in [7, 11) is 0. The van der Waals surface area contributed by atoms with Gasteiger partial charge in [-0.15, -0.1) is 11.3 Å². The average Bonchev–Trinajstić information content (AvgIpc) is 3.26. The van der Waals surface area contributed by atoms with E-state index in [0.29, 0.717) is 5.96 Å². The Bertz CT molecular complexity index is 1180. The lowest BCUT2D eigenvalue weighted by Gasteiger charge is -2.17. The van der Waals surface area contributed by atoms with Crippen molar-refractivity contribution in [2.45, 2.75) is 19.4 Å². The van der Waals surface area contributed by atoms with E-state index in [1.807, 2.05) is 25.4 Å². The van der Waals surface area contributed by atoms with Crippen LogP contribution in [-0.2, 0) is 0 Å². The Morgan fingerprint density at radius 2 is 2.19 bits per heavy atom. The third kappa shape index (κ3) is 2.93. The minimum absolute atomic E-state index is 0.121. The summed E-state index contributed by atoms with van der Waals surface area (Å²) < 4.78 is 0. The molecule has 4 aromatic rings. The van der Waals surface area contributed by atoms with Crippen molar-refractivity contribution in [3.05, 3.63) is 42.7 Å². The summed E-state index contributed by atoms with van der Waals surface area (Å²) in [4.78, 5) is 15.2. The van der Waals surface area contributed by atoms with Crippen molar-refractivity contribution in [2.75, 3.05) is 5.32 Å². The minimum Gasteiger partial charge on any atom is -0.368 e. The zero-order chi connectivity index (χ0) is 18.4. The lowest BCUT2D eigenvalue weighted by molar-refractivity contribution is 0.765. The number of aliphatic imine (C=N–C) groups is 2. The highest BCUT2D eigenvalue weighted by Crippen LogP contribution is 2.37. The maximum absolute atomic E-state index is 5.81. The van der Waals surface area contributed by atoms with E-state index in [9.17, 15) is 0 Å². The zero-order valence-corrected chi connectivity index (χ0v) is 15.4. The predicted molar refractivity (Wildman–Crippen MR) is 111 cm³/mol. The number of nitrogens with zero attached hydrogens (tertiary/aromatic N) is 4. The summed E-state index contributed by atoms with van der Waals surface area (Å²) in [6.45, 7) is 2.03. The molecule has 0 saturated heterocycles. The maximum atomic E-state index is 5.81. The molecule has 27 heavy (non-hydrogen) atoms. The lowest BCUT2D eigenvalue weighted by atomic mass is 10.1. The average molecular weight is 375 g/mol. The van der Waals surface area contributed by atoms with E-state index in [4.69, 9.17) is 5.73 Å². The number of aromatic nitrogens is 3. The summed E-state index contributed by atoms with van der Waals surface area (Å²) in [5.41, 5.74) is 8.85. The molecule has 0 saturated carbocycles. The summed E-state index contributed by atoms with van der Waals surface area (Å²) in [5, 5.41) is 12.9. The summed E-state index contributed by atoms with van der Waals surface area (Å²) in [6, 6.07) is 10.5. The number of pyridine rings is 1. The van der Waals surface area contributed by atoms with E-state index in [1.165, 1.54) is 0 Å². The molecule has 8 heteroatoms. The Morgan fingerprint density at radius 1 is 1.26 bits per heavy atom. The molecule has 0 amide bonds. The van der Waals surface area contributed by atoms with Crippen molar-refractivity contribution in [1.29, 1.82) is 0 Å². The fourth-order valence-corrected chi connectivity index (χ4v) is 4.36. The second-order valence-electron chi connectivity index (χ2n) is 6.59. The number of rotatable bonds is 2. The third-order valence-corrected chi connectivity index (χ3v) is 5.58. The van der Waals surface area contributed by atoms with Crippen LogP contribution in [0.2, 0.25) is 0 Å². The van der Waals surface area contributed by atoms with E-state index >= 15 is 0 Å². The fraction of sp³-hybridized carbons (Fsp3) is 0.158. The molecular formula is C19H17N7S. The van der Waals surface area contributed by atoms with E-state index in [2.05, 4.69) is 54.7 Å². The highest BCUT2D eigenvalue weighted by Gasteiger charge is 2.16. The largest absolute Gasteiger partial charge is 0.368 e. The van der Waals surface area contributed by atoms with Crippen molar-refractivity contribution in [2.24, 2.45) is 15.7 Å². The number of hydrogen-bond acceptors (Lipinski definition) is 7. The van der Waals surface area contributed by atoms with Gasteiger partial charge in [0, 0.05) is 39.5 Å². The summed E-state index contributed by atoms with van der Waals surface area (Å²) in [6.07, 6.45) is 4.38. The van der Waals surface area contributed by atoms with Crippen LogP contribution in [0.4, 0.5) is 5.69 Å². The molecule has 1 atom stereocenters. The van der Waals surface area contributed by atoms with Crippen molar-refractivity contribution >= 4 is 49.9 Å². The first-order chi connectivity index (χ1) is 13.2. The number of H-pyrrole nitrogens is 1. The van der Waals surface area contributed by atoms with Gasteiger partial charge in [0.15, 0.2) is 0 Å². The van der Waals surface area contributed by atoms with Gasteiger partial charge in [0.05, 0.1) is 17.8 Å². The van der Waals surface area contributed by atoms with Gasteiger partial charge in [-0.3, -0.25) is 5.10 Å². The molecule has 3 aromatic heterocycles. The van der Waals surface area contributed by atoms with Crippen molar-refractivity contribution in [3.8, 4) is 10.4 Å². The third-order valence-electron chi connectivity index (χ3n) is 4.49. The Morgan fingerprint density at radius 3 is 3.04 bits per heavy atom. The molecule has 1 aromatic carbocycles. The Balaban J connectivity index is 1.60. The number of aromatic amines is 1. The number of nitrogens with one attached hydrogen (secondary N) is 2. The summed E-state index contributed by atoms with van der Waals surface area (Å²) >= 11 is 1.67.